The Bertz CT molecular complexity index is 1580. The molecule has 0 radical (unpaired) electrons. The van der Waals surface area contributed by atoms with Crippen LogP contribution in [-0.2, 0) is 35.0 Å². The first-order chi connectivity index (χ1) is 23.0. The Kier molecular flexibility index (Phi) is 13.7. The van der Waals surface area contributed by atoms with Crippen LogP contribution in [-0.4, -0.2) is 59.0 Å². The topological polar surface area (TPSA) is 86.1 Å². The van der Waals surface area contributed by atoms with E-state index in [1.54, 1.807) is 19.9 Å². The lowest BCUT2D eigenvalue weighted by molar-refractivity contribution is -0.142. The van der Waals surface area contributed by atoms with E-state index in [1.165, 1.54) is 30.3 Å². The average molecular weight is 694 g/mol. The molecule has 1 aliphatic rings. The van der Waals surface area contributed by atoms with Crippen LogP contribution in [0.1, 0.15) is 49.9 Å². The summed E-state index contributed by atoms with van der Waals surface area (Å²) in [7, 11) is 0. The summed E-state index contributed by atoms with van der Waals surface area (Å²) in [5, 5.41) is 17.4. The van der Waals surface area contributed by atoms with Crippen molar-refractivity contribution in [3.63, 3.8) is 0 Å². The van der Waals surface area contributed by atoms with Gasteiger partial charge in [-0.3, -0.25) is 10.3 Å². The molecule has 0 unspecified atom stereocenters. The highest BCUT2D eigenvalue weighted by Crippen LogP contribution is 2.36. The van der Waals surface area contributed by atoms with Gasteiger partial charge in [0, 0.05) is 32.7 Å². The Balaban J connectivity index is 0.000000501. The molecule has 0 atom stereocenters. The molecule has 0 spiro atoms. The largest absolute Gasteiger partial charge is 0.507 e. The van der Waals surface area contributed by atoms with E-state index in [0.717, 1.165) is 29.3 Å². The lowest BCUT2D eigenvalue weighted by atomic mass is 10.1. The molecule has 0 bridgehead atoms. The first-order valence-corrected chi connectivity index (χ1v) is 15.7. The first-order valence-electron chi connectivity index (χ1n) is 15.7. The molecule has 266 valence electrons. The number of alkyl halides is 6. The van der Waals surface area contributed by atoms with E-state index in [0.29, 0.717) is 38.3 Å². The number of phenolic OH excluding ortho intramolecular Hbond substituents is 1. The second-order valence-corrected chi connectivity index (χ2v) is 12.0. The molecule has 4 rings (SSSR count). The number of rotatable bonds is 9. The fourth-order valence-electron chi connectivity index (χ4n) is 4.93. The summed E-state index contributed by atoms with van der Waals surface area (Å²) in [4.78, 5) is 16.7. The highest BCUT2D eigenvalue weighted by Gasteiger charge is 2.34. The van der Waals surface area contributed by atoms with Gasteiger partial charge in [0.15, 0.2) is 0 Å². The molecule has 0 aromatic heterocycles. The maximum atomic E-state index is 13.2. The van der Waals surface area contributed by atoms with Crippen molar-refractivity contribution in [2.75, 3.05) is 26.2 Å². The van der Waals surface area contributed by atoms with E-state index < -0.39 is 35.2 Å². The number of phenols is 1. The number of allylic oxidation sites excluding steroid dienone is 1. The van der Waals surface area contributed by atoms with E-state index in [-0.39, 0.29) is 30.2 Å². The fraction of sp³-hybridized carbons (Fsp3) is 0.389. The molecular weight excluding hydrogens is 652 g/mol. The summed E-state index contributed by atoms with van der Waals surface area (Å²) in [6, 6.07) is 17.2. The number of halogens is 6. The zero-order valence-corrected chi connectivity index (χ0v) is 27.7. The van der Waals surface area contributed by atoms with Gasteiger partial charge in [-0.15, -0.1) is 0 Å². The van der Waals surface area contributed by atoms with Gasteiger partial charge in [0.2, 0.25) is 0 Å². The van der Waals surface area contributed by atoms with Crippen LogP contribution in [0, 0.1) is 11.3 Å². The first kappa shape index (κ1) is 38.9. The van der Waals surface area contributed by atoms with Crippen molar-refractivity contribution in [3.05, 3.63) is 107 Å². The van der Waals surface area contributed by atoms with Crippen LogP contribution in [0.25, 0.3) is 0 Å². The minimum atomic E-state index is -4.48. The van der Waals surface area contributed by atoms with E-state index >= 15 is 0 Å². The van der Waals surface area contributed by atoms with E-state index in [9.17, 15) is 31.1 Å². The molecule has 13 heteroatoms. The molecule has 7 nitrogen and oxygen atoms in total. The summed E-state index contributed by atoms with van der Waals surface area (Å²) in [5.74, 6) is -1.11. The highest BCUT2D eigenvalue weighted by atomic mass is 19.4. The molecular formula is C36H41F6N3O4. The molecule has 1 saturated heterocycles. The minimum Gasteiger partial charge on any atom is -0.507 e. The third kappa shape index (κ3) is 12.1. The predicted molar refractivity (Wildman–Crippen MR) is 174 cm³/mol. The number of hydrogen-bond donors (Lipinski definition) is 2. The summed E-state index contributed by atoms with van der Waals surface area (Å²) in [6.45, 7) is 10.8. The van der Waals surface area contributed by atoms with Crippen LogP contribution < -0.4 is 4.74 Å². The second-order valence-electron chi connectivity index (χ2n) is 12.0. The monoisotopic (exact) mass is 693 g/mol. The van der Waals surface area contributed by atoms with Gasteiger partial charge in [-0.2, -0.15) is 26.3 Å². The lowest BCUT2D eigenvalue weighted by Crippen LogP contribution is -2.49. The summed E-state index contributed by atoms with van der Waals surface area (Å²) in [5.41, 5.74) is 0.317. The number of esters is 1. The number of nitrogens with zero attached hydrogens (tertiary/aromatic N) is 2. The number of nitrogens with one attached hydrogen (secondary N) is 1. The molecule has 0 saturated carbocycles. The highest BCUT2D eigenvalue weighted by molar-refractivity contribution is 6.17. The quantitative estimate of drug-likeness (QED) is 0.0771. The summed E-state index contributed by atoms with van der Waals surface area (Å²) >= 11 is 0. The SMILES string of the molecule is CC(C)/C=C(\C(=N)N1CCN(Cc2cccc(COc3ccccc3C(F)(F)F)c2)CC1)C(=O)OC(C)C.Oc1ccccc1C(F)(F)F. The van der Waals surface area contributed by atoms with Crippen molar-refractivity contribution in [2.24, 2.45) is 5.92 Å². The minimum absolute atomic E-state index is 0.0311. The zero-order valence-electron chi connectivity index (χ0n) is 27.7. The van der Waals surface area contributed by atoms with E-state index in [4.69, 9.17) is 20.0 Å². The average Bonchev–Trinajstić information content (AvgIpc) is 3.02. The maximum Gasteiger partial charge on any atom is 0.419 e. The number of para-hydroxylation sites is 2. The number of carbonyl (C=O) groups excluding carboxylic acids is 1. The van der Waals surface area contributed by atoms with Crippen molar-refractivity contribution >= 4 is 11.8 Å². The Morgan fingerprint density at radius 1 is 0.837 bits per heavy atom. The molecule has 49 heavy (non-hydrogen) atoms. The van der Waals surface area contributed by atoms with Crippen LogP contribution in [0.4, 0.5) is 26.3 Å². The molecule has 0 aliphatic carbocycles. The third-order valence-corrected chi connectivity index (χ3v) is 7.20. The van der Waals surface area contributed by atoms with Crippen LogP contribution in [0.3, 0.4) is 0 Å². The molecule has 1 aliphatic heterocycles. The van der Waals surface area contributed by atoms with Crippen LogP contribution in [0.2, 0.25) is 0 Å². The van der Waals surface area contributed by atoms with Gasteiger partial charge in [-0.05, 0) is 55.2 Å². The molecule has 1 heterocycles. The number of hydrogen-bond acceptors (Lipinski definition) is 6. The standard InChI is InChI=1S/C29H36F3N3O3.C7H5F3O/c1-20(2)16-24(28(36)38-21(3)4)27(33)35-14-12-34(13-15-35)18-22-8-7-9-23(17-22)19-37-26-11-6-5-10-25(26)29(30,31)32;8-7(9,10)5-3-1-2-4-6(5)11/h5-11,16-17,20-21,33H,12-15,18-19H2,1-4H3;1-4,11H/b24-16+,33-27?;. The summed E-state index contributed by atoms with van der Waals surface area (Å²) < 4.78 is 86.3. The van der Waals surface area contributed by atoms with E-state index in [2.05, 4.69) is 4.90 Å². The van der Waals surface area contributed by atoms with Gasteiger partial charge in [0.05, 0.1) is 22.8 Å². The number of piperazine rings is 1. The van der Waals surface area contributed by atoms with Gasteiger partial charge in [-0.1, -0.05) is 68.5 Å². The van der Waals surface area contributed by atoms with Crippen molar-refractivity contribution in [3.8, 4) is 11.5 Å². The number of aromatic hydroxyl groups is 1. The van der Waals surface area contributed by atoms with Crippen molar-refractivity contribution < 1.29 is 45.7 Å². The Labute approximate surface area is 282 Å². The van der Waals surface area contributed by atoms with Crippen LogP contribution >= 0.6 is 0 Å². The number of benzene rings is 3. The van der Waals surface area contributed by atoms with Crippen LogP contribution in [0.5, 0.6) is 11.5 Å². The smallest absolute Gasteiger partial charge is 0.419 e. The maximum absolute atomic E-state index is 13.2. The molecule has 3 aromatic carbocycles. The Morgan fingerprint density at radius 3 is 1.96 bits per heavy atom. The fourth-order valence-corrected chi connectivity index (χ4v) is 4.93. The molecule has 0 amide bonds. The van der Waals surface area contributed by atoms with E-state index in [1.807, 2.05) is 43.0 Å². The molecule has 1 fully saturated rings. The van der Waals surface area contributed by atoms with Gasteiger partial charge in [0.25, 0.3) is 0 Å². The van der Waals surface area contributed by atoms with Crippen molar-refractivity contribution in [2.45, 2.75) is 59.3 Å². The Morgan fingerprint density at radius 2 is 1.41 bits per heavy atom. The van der Waals surface area contributed by atoms with Gasteiger partial charge in [-0.25, -0.2) is 4.79 Å². The van der Waals surface area contributed by atoms with Crippen molar-refractivity contribution in [1.82, 2.24) is 9.80 Å². The van der Waals surface area contributed by atoms with Gasteiger partial charge >= 0.3 is 18.3 Å². The zero-order chi connectivity index (χ0) is 36.4. The second kappa shape index (κ2) is 17.2. The molecule has 3 aromatic rings. The number of amidine groups is 1. The Hall–Kier alpha value is -4.52. The normalized spacial score (nSPS) is 14.4. The predicted octanol–water partition coefficient (Wildman–Crippen LogP) is 8.32. The lowest BCUT2D eigenvalue weighted by Gasteiger charge is -2.36. The van der Waals surface area contributed by atoms with Gasteiger partial charge < -0.3 is 19.5 Å². The number of carbonyl (C=O) groups is 1. The third-order valence-electron chi connectivity index (χ3n) is 7.20. The summed E-state index contributed by atoms with van der Waals surface area (Å²) in [6.07, 6.45) is -7.43. The number of ether oxygens (including phenoxy) is 2. The van der Waals surface area contributed by atoms with Crippen molar-refractivity contribution in [1.29, 1.82) is 5.41 Å². The molecule has 2 N–H and O–H groups in total. The van der Waals surface area contributed by atoms with Gasteiger partial charge in [0.1, 0.15) is 23.9 Å². The van der Waals surface area contributed by atoms with Crippen LogP contribution in [0.15, 0.2) is 84.4 Å².